The molecule has 0 amide bonds. The van der Waals surface area contributed by atoms with Crippen LogP contribution in [0.4, 0.5) is 19.0 Å². The Labute approximate surface area is 237 Å². The van der Waals surface area contributed by atoms with Gasteiger partial charge in [-0.3, -0.25) is 4.55 Å². The molecule has 0 aliphatic rings. The van der Waals surface area contributed by atoms with Crippen molar-refractivity contribution in [3.05, 3.63) is 88.5 Å². The normalized spacial score (nSPS) is 11.9. The maximum absolute atomic E-state index is 12.9. The minimum Gasteiger partial charge on any atom is -0.439 e. The van der Waals surface area contributed by atoms with Crippen molar-refractivity contribution in [1.29, 1.82) is 0 Å². The smallest absolute Gasteiger partial charge is 0.417 e. The maximum atomic E-state index is 12.9. The maximum Gasteiger partial charge on any atom is 0.417 e. The van der Waals surface area contributed by atoms with E-state index in [1.165, 1.54) is 18.5 Å². The van der Waals surface area contributed by atoms with Crippen molar-refractivity contribution in [2.24, 2.45) is 0 Å². The number of rotatable bonds is 9. The number of hydrogen-bond donors (Lipinski definition) is 2. The van der Waals surface area contributed by atoms with Crippen LogP contribution in [-0.4, -0.2) is 34.5 Å². The van der Waals surface area contributed by atoms with E-state index in [-0.39, 0.29) is 33.0 Å². The highest BCUT2D eigenvalue weighted by Gasteiger charge is 2.30. The van der Waals surface area contributed by atoms with E-state index in [2.05, 4.69) is 20.3 Å². The van der Waals surface area contributed by atoms with Gasteiger partial charge in [0.15, 0.2) is 0 Å². The van der Waals surface area contributed by atoms with Crippen molar-refractivity contribution in [2.45, 2.75) is 30.3 Å². The summed E-state index contributed by atoms with van der Waals surface area (Å²) in [6, 6.07) is 11.1. The number of benzene rings is 2. The molecule has 0 saturated carbocycles. The molecule has 2 aromatic heterocycles. The molecule has 0 aliphatic carbocycles. The molecule has 0 radical (unpaired) electrons. The van der Waals surface area contributed by atoms with Crippen LogP contribution < -0.4 is 10.1 Å². The molecule has 2 aromatic carbocycles. The van der Waals surface area contributed by atoms with E-state index < -0.39 is 21.9 Å². The molecule has 8 nitrogen and oxygen atoms in total. The van der Waals surface area contributed by atoms with Crippen LogP contribution in [0.3, 0.4) is 0 Å². The van der Waals surface area contributed by atoms with Crippen molar-refractivity contribution in [3.8, 4) is 22.8 Å². The molecule has 0 spiro atoms. The Bertz CT molecular complexity index is 1640. The van der Waals surface area contributed by atoms with Crippen molar-refractivity contribution in [1.82, 2.24) is 15.0 Å². The van der Waals surface area contributed by atoms with Crippen molar-refractivity contribution in [2.75, 3.05) is 11.9 Å². The van der Waals surface area contributed by atoms with Gasteiger partial charge in [-0.15, -0.1) is 11.6 Å². The highest BCUT2D eigenvalue weighted by molar-refractivity contribution is 7.86. The standard InChI is InChI=1S/C26H21Cl2F3N4O4S/c1-15-2-6-22(40(36,37)38)20(10-15)19-11-18(39-23-7-4-17(13-33-23)26(29,30)31)5-3-16(19)8-9-32-25-24(28)21(12-27)34-14-35-25/h2-7,10-11,13-14H,8-9,12H2,1H3,(H,32,34,35)(H,36,37,38). The Hall–Kier alpha value is -3.45. The third-order valence-electron chi connectivity index (χ3n) is 5.75. The molecule has 0 aliphatic heterocycles. The lowest BCUT2D eigenvalue weighted by molar-refractivity contribution is -0.137. The first-order valence-electron chi connectivity index (χ1n) is 11.6. The second-order valence-corrected chi connectivity index (χ2v) is 10.6. The van der Waals surface area contributed by atoms with Crippen LogP contribution in [0.25, 0.3) is 11.1 Å². The van der Waals surface area contributed by atoms with Crippen LogP contribution in [-0.2, 0) is 28.6 Å². The average Bonchev–Trinajstić information content (AvgIpc) is 2.89. The van der Waals surface area contributed by atoms with Gasteiger partial charge in [0.1, 0.15) is 27.8 Å². The van der Waals surface area contributed by atoms with E-state index >= 15 is 0 Å². The van der Waals surface area contributed by atoms with Crippen molar-refractivity contribution >= 4 is 39.1 Å². The second kappa shape index (κ2) is 12.0. The molecule has 0 unspecified atom stereocenters. The zero-order chi connectivity index (χ0) is 29.1. The molecule has 0 bridgehead atoms. The first kappa shape index (κ1) is 29.5. The van der Waals surface area contributed by atoms with Crippen LogP contribution >= 0.6 is 23.2 Å². The minimum absolute atomic E-state index is 0.0962. The molecule has 40 heavy (non-hydrogen) atoms. The Morgan fingerprint density at radius 1 is 1.02 bits per heavy atom. The van der Waals surface area contributed by atoms with Gasteiger partial charge in [-0.1, -0.05) is 35.4 Å². The van der Waals surface area contributed by atoms with E-state index in [1.54, 1.807) is 31.2 Å². The predicted molar refractivity (Wildman–Crippen MR) is 145 cm³/mol. The molecule has 4 rings (SSSR count). The molecule has 2 heterocycles. The zero-order valence-corrected chi connectivity index (χ0v) is 23.0. The van der Waals surface area contributed by atoms with Gasteiger partial charge in [0.05, 0.1) is 17.1 Å². The van der Waals surface area contributed by atoms with E-state index in [0.717, 1.165) is 17.7 Å². The number of nitrogens with one attached hydrogen (secondary N) is 1. The summed E-state index contributed by atoms with van der Waals surface area (Å²) in [5, 5.41) is 3.38. The topological polar surface area (TPSA) is 114 Å². The van der Waals surface area contributed by atoms with E-state index in [1.807, 2.05) is 0 Å². The van der Waals surface area contributed by atoms with Crippen LogP contribution in [0.15, 0.2) is 66.0 Å². The summed E-state index contributed by atoms with van der Waals surface area (Å²) in [7, 11) is -4.60. The lowest BCUT2D eigenvalue weighted by atomic mass is 9.96. The molecule has 210 valence electrons. The molecule has 2 N–H and O–H groups in total. The summed E-state index contributed by atoms with van der Waals surface area (Å²) in [6.07, 6.45) is -2.22. The molecule has 0 atom stereocenters. The van der Waals surface area contributed by atoms with E-state index in [0.29, 0.717) is 41.8 Å². The Balaban J connectivity index is 1.70. The molecule has 0 saturated heterocycles. The van der Waals surface area contributed by atoms with Crippen molar-refractivity contribution < 1.29 is 30.9 Å². The fourth-order valence-electron chi connectivity index (χ4n) is 3.83. The van der Waals surface area contributed by atoms with Crippen LogP contribution in [0.1, 0.15) is 22.4 Å². The quantitative estimate of drug-likeness (QED) is 0.154. The fourth-order valence-corrected chi connectivity index (χ4v) is 5.02. The summed E-state index contributed by atoms with van der Waals surface area (Å²) < 4.78 is 78.7. The van der Waals surface area contributed by atoms with Gasteiger partial charge in [0, 0.05) is 24.4 Å². The number of ether oxygens (including phenoxy) is 1. The van der Waals surface area contributed by atoms with Gasteiger partial charge < -0.3 is 10.1 Å². The SMILES string of the molecule is Cc1ccc(S(=O)(=O)O)c(-c2cc(Oc3ccc(C(F)(F)F)cn3)ccc2CCNc2ncnc(CCl)c2Cl)c1. The summed E-state index contributed by atoms with van der Waals surface area (Å²) >= 11 is 12.1. The van der Waals surface area contributed by atoms with E-state index in [9.17, 15) is 26.1 Å². The van der Waals surface area contributed by atoms with Crippen LogP contribution in [0.2, 0.25) is 5.02 Å². The number of hydrogen-bond acceptors (Lipinski definition) is 7. The number of anilines is 1. The highest BCUT2D eigenvalue weighted by Crippen LogP contribution is 2.36. The number of nitrogens with zero attached hydrogens (tertiary/aromatic N) is 3. The lowest BCUT2D eigenvalue weighted by Crippen LogP contribution is -2.09. The van der Waals surface area contributed by atoms with Gasteiger partial charge in [0.25, 0.3) is 10.1 Å². The summed E-state index contributed by atoms with van der Waals surface area (Å²) in [5.41, 5.74) is 1.55. The number of halogens is 5. The molecule has 14 heteroatoms. The largest absolute Gasteiger partial charge is 0.439 e. The van der Waals surface area contributed by atoms with Gasteiger partial charge in [-0.2, -0.15) is 21.6 Å². The van der Waals surface area contributed by atoms with Gasteiger partial charge in [-0.25, -0.2) is 15.0 Å². The second-order valence-electron chi connectivity index (χ2n) is 8.57. The molecule has 4 aromatic rings. The van der Waals surface area contributed by atoms with Gasteiger partial charge in [-0.05, 0) is 48.7 Å². The monoisotopic (exact) mass is 612 g/mol. The van der Waals surface area contributed by atoms with Crippen LogP contribution in [0, 0.1) is 6.92 Å². The first-order chi connectivity index (χ1) is 18.9. The number of alkyl halides is 4. The van der Waals surface area contributed by atoms with Crippen LogP contribution in [0.5, 0.6) is 11.6 Å². The number of pyridine rings is 1. The third-order valence-corrected chi connectivity index (χ3v) is 7.31. The Morgan fingerprint density at radius 3 is 2.45 bits per heavy atom. The first-order valence-corrected chi connectivity index (χ1v) is 13.9. The average molecular weight is 613 g/mol. The minimum atomic E-state index is -4.60. The van der Waals surface area contributed by atoms with Crippen molar-refractivity contribution in [3.63, 3.8) is 0 Å². The third kappa shape index (κ3) is 7.00. The fraction of sp³-hybridized carbons (Fsp3) is 0.192. The van der Waals surface area contributed by atoms with E-state index in [4.69, 9.17) is 27.9 Å². The molecular weight excluding hydrogens is 592 g/mol. The van der Waals surface area contributed by atoms with Gasteiger partial charge >= 0.3 is 6.18 Å². The summed E-state index contributed by atoms with van der Waals surface area (Å²) in [6.45, 7) is 2.08. The molecule has 0 fully saturated rings. The Kier molecular flexibility index (Phi) is 8.83. The van der Waals surface area contributed by atoms with Gasteiger partial charge in [0.2, 0.25) is 5.88 Å². The summed E-state index contributed by atoms with van der Waals surface area (Å²) in [5.74, 6) is 0.561. The predicted octanol–water partition coefficient (Wildman–Crippen LogP) is 6.95. The highest BCUT2D eigenvalue weighted by atomic mass is 35.5. The summed E-state index contributed by atoms with van der Waals surface area (Å²) in [4.78, 5) is 11.5. The lowest BCUT2D eigenvalue weighted by Gasteiger charge is -2.16. The number of aryl methyl sites for hydroxylation is 1. The Morgan fingerprint density at radius 2 is 1.80 bits per heavy atom. The zero-order valence-electron chi connectivity index (χ0n) is 20.7. The molecular formula is C26H21Cl2F3N4O4S. The number of aromatic nitrogens is 3.